The Morgan fingerprint density at radius 3 is 2.34 bits per heavy atom. The highest BCUT2D eigenvalue weighted by Crippen LogP contribution is 2.61. The van der Waals surface area contributed by atoms with E-state index >= 15 is 4.79 Å². The molecule has 3 saturated heterocycles. The van der Waals surface area contributed by atoms with E-state index in [0.717, 1.165) is 23.2 Å². The molecule has 3 heterocycles. The number of hydrogen-bond acceptors (Lipinski definition) is 5. The van der Waals surface area contributed by atoms with E-state index in [4.69, 9.17) is 4.74 Å². The summed E-state index contributed by atoms with van der Waals surface area (Å²) >= 11 is 3.78. The molecule has 1 N–H and O–H groups in total. The van der Waals surface area contributed by atoms with E-state index in [1.54, 1.807) is 22.0 Å². The van der Waals surface area contributed by atoms with Crippen molar-refractivity contribution in [3.8, 4) is 0 Å². The van der Waals surface area contributed by atoms with Gasteiger partial charge < -0.3 is 24.5 Å². The smallest absolute Gasteiger partial charge is 0.253 e. The van der Waals surface area contributed by atoms with Crippen LogP contribution in [-0.4, -0.2) is 81.4 Å². The van der Waals surface area contributed by atoms with Crippen LogP contribution in [0.15, 0.2) is 73.8 Å². The highest BCUT2D eigenvalue weighted by Gasteiger charge is 2.77. The van der Waals surface area contributed by atoms with Crippen molar-refractivity contribution in [3.63, 3.8) is 0 Å². The SMILES string of the molecule is C=CCN(CCC)C(=O)[C@H]1[C@H]2C(=O)N([C@H](CO)c3ccccc3)C(C(=O)N(CC=C)c3c(C)cccc3C)C23CC(Br)[C@@H]1O3. The summed E-state index contributed by atoms with van der Waals surface area (Å²) in [6.45, 7) is 14.4. The minimum atomic E-state index is -1.27. The van der Waals surface area contributed by atoms with Crippen LogP contribution in [-0.2, 0) is 19.1 Å². The number of amides is 3. The van der Waals surface area contributed by atoms with Crippen LogP contribution in [0, 0.1) is 25.7 Å². The molecule has 3 aliphatic heterocycles. The van der Waals surface area contributed by atoms with Gasteiger partial charge in [0.2, 0.25) is 11.8 Å². The Morgan fingerprint density at radius 1 is 1.09 bits per heavy atom. The first-order valence-electron chi connectivity index (χ1n) is 15.3. The third-order valence-corrected chi connectivity index (χ3v) is 10.2. The van der Waals surface area contributed by atoms with E-state index < -0.39 is 42.2 Å². The number of aliphatic hydroxyl groups excluding tert-OH is 1. The summed E-state index contributed by atoms with van der Waals surface area (Å²) in [4.78, 5) is 48.8. The predicted octanol–water partition coefficient (Wildman–Crippen LogP) is 4.73. The molecule has 3 fully saturated rings. The Hall–Kier alpha value is -3.27. The average Bonchev–Trinajstić information content (AvgIpc) is 3.60. The molecule has 9 heteroatoms. The highest BCUT2D eigenvalue weighted by atomic mass is 79.9. The molecule has 1 spiro atoms. The van der Waals surface area contributed by atoms with E-state index in [2.05, 4.69) is 29.1 Å². The second-order valence-corrected chi connectivity index (χ2v) is 13.2. The van der Waals surface area contributed by atoms with Crippen molar-refractivity contribution < 1.29 is 24.2 Å². The molecule has 3 amide bonds. The van der Waals surface area contributed by atoms with Crippen LogP contribution in [0.25, 0.3) is 0 Å². The van der Waals surface area contributed by atoms with Crippen molar-refractivity contribution in [2.75, 3.05) is 31.1 Å². The number of hydrogen-bond donors (Lipinski definition) is 1. The summed E-state index contributed by atoms with van der Waals surface area (Å²) in [5, 5.41) is 10.8. The van der Waals surface area contributed by atoms with Crippen LogP contribution in [0.1, 0.15) is 42.5 Å². The van der Waals surface area contributed by atoms with Crippen LogP contribution in [0.5, 0.6) is 0 Å². The zero-order valence-corrected chi connectivity index (χ0v) is 27.3. The number of halogens is 1. The number of rotatable bonds is 12. The van der Waals surface area contributed by atoms with Crippen LogP contribution >= 0.6 is 15.9 Å². The fraction of sp³-hybridized carbons (Fsp3) is 0.457. The lowest BCUT2D eigenvalue weighted by atomic mass is 9.70. The topological polar surface area (TPSA) is 90.4 Å². The number of nitrogens with zero attached hydrogens (tertiary/aromatic N) is 3. The third kappa shape index (κ3) is 5.12. The molecule has 234 valence electrons. The molecule has 0 radical (unpaired) electrons. The van der Waals surface area contributed by atoms with Gasteiger partial charge in [-0.25, -0.2) is 0 Å². The largest absolute Gasteiger partial charge is 0.394 e. The monoisotopic (exact) mass is 663 g/mol. The second-order valence-electron chi connectivity index (χ2n) is 12.1. The molecule has 3 unspecified atom stereocenters. The van der Waals surface area contributed by atoms with Crippen molar-refractivity contribution in [1.29, 1.82) is 0 Å². The summed E-state index contributed by atoms with van der Waals surface area (Å²) in [5.41, 5.74) is 2.01. The normalized spacial score (nSPS) is 27.6. The number of fused-ring (bicyclic) bond motifs is 1. The number of aryl methyl sites for hydroxylation is 2. The molecule has 0 aromatic heterocycles. The lowest BCUT2D eigenvalue weighted by Crippen LogP contribution is -2.58. The fourth-order valence-electron chi connectivity index (χ4n) is 7.72. The number of likely N-dealkylation sites (tertiary alicyclic amines) is 1. The maximum atomic E-state index is 15.1. The third-order valence-electron chi connectivity index (χ3n) is 9.38. The minimum absolute atomic E-state index is 0.174. The van der Waals surface area contributed by atoms with E-state index in [9.17, 15) is 14.7 Å². The van der Waals surface area contributed by atoms with Crippen LogP contribution in [0.2, 0.25) is 0 Å². The van der Waals surface area contributed by atoms with Crippen molar-refractivity contribution in [1.82, 2.24) is 9.80 Å². The molecule has 0 aliphatic carbocycles. The summed E-state index contributed by atoms with van der Waals surface area (Å²) in [6.07, 6.45) is 3.91. The van der Waals surface area contributed by atoms with Gasteiger partial charge in [0.1, 0.15) is 11.6 Å². The first kappa shape index (κ1) is 32.1. The van der Waals surface area contributed by atoms with Gasteiger partial charge in [0.25, 0.3) is 5.91 Å². The maximum Gasteiger partial charge on any atom is 0.253 e. The summed E-state index contributed by atoms with van der Waals surface area (Å²) in [5.74, 6) is -2.50. The first-order chi connectivity index (χ1) is 21.2. The van der Waals surface area contributed by atoms with E-state index in [1.165, 1.54) is 4.90 Å². The maximum absolute atomic E-state index is 15.1. The number of carbonyl (C=O) groups excluding carboxylic acids is 3. The number of aliphatic hydroxyl groups is 1. The molecule has 5 rings (SSSR count). The molecular weight excluding hydrogens is 622 g/mol. The van der Waals surface area contributed by atoms with Gasteiger partial charge in [-0.1, -0.05) is 83.5 Å². The zero-order chi connectivity index (χ0) is 31.8. The van der Waals surface area contributed by atoms with Gasteiger partial charge in [0, 0.05) is 30.1 Å². The quantitative estimate of drug-likeness (QED) is 0.262. The number of benzene rings is 2. The van der Waals surface area contributed by atoms with Gasteiger partial charge in [0.15, 0.2) is 0 Å². The van der Waals surface area contributed by atoms with Crippen molar-refractivity contribution >= 4 is 39.3 Å². The highest BCUT2D eigenvalue weighted by molar-refractivity contribution is 9.09. The first-order valence-corrected chi connectivity index (χ1v) is 16.3. The predicted molar refractivity (Wildman–Crippen MR) is 174 cm³/mol. The van der Waals surface area contributed by atoms with Crippen LogP contribution < -0.4 is 4.90 Å². The molecule has 2 bridgehead atoms. The molecular formula is C35H42BrN3O5. The van der Waals surface area contributed by atoms with Gasteiger partial charge in [-0.3, -0.25) is 14.4 Å². The van der Waals surface area contributed by atoms with E-state index in [1.807, 2.05) is 69.3 Å². The van der Waals surface area contributed by atoms with E-state index in [-0.39, 0.29) is 29.1 Å². The van der Waals surface area contributed by atoms with Gasteiger partial charge in [-0.05, 0) is 43.4 Å². The Bertz CT molecular complexity index is 1410. The fourth-order valence-corrected chi connectivity index (χ4v) is 8.66. The Kier molecular flexibility index (Phi) is 9.49. The lowest BCUT2D eigenvalue weighted by molar-refractivity contribution is -0.147. The molecule has 3 aliphatic rings. The van der Waals surface area contributed by atoms with Gasteiger partial charge in [-0.2, -0.15) is 0 Å². The van der Waals surface area contributed by atoms with Crippen molar-refractivity contribution in [2.24, 2.45) is 11.8 Å². The number of anilines is 1. The molecule has 2 aromatic rings. The Morgan fingerprint density at radius 2 is 1.75 bits per heavy atom. The number of para-hydroxylation sites is 1. The number of alkyl halides is 1. The molecule has 44 heavy (non-hydrogen) atoms. The standard InChI is InChI=1S/C35H42BrN3O5/c1-6-17-37(18-7-2)32(41)27-28-33(42)39(26(21-40)24-15-10-9-11-16-24)31(35(28)20-25(36)30(27)44-35)34(43)38(19-8-3)29-22(4)13-12-14-23(29)5/h6,8-16,25-28,30-31,40H,1,3,7,17-21H2,2,4-5H3/t25?,26-,27+,28+,30+,31?,35?/m1/s1. The molecule has 7 atom stereocenters. The molecule has 0 saturated carbocycles. The Labute approximate surface area is 268 Å². The number of carbonyl (C=O) groups is 3. The van der Waals surface area contributed by atoms with Gasteiger partial charge in [-0.15, -0.1) is 13.2 Å². The summed E-state index contributed by atoms with van der Waals surface area (Å²) in [7, 11) is 0. The molecule has 8 nitrogen and oxygen atoms in total. The molecule has 2 aromatic carbocycles. The van der Waals surface area contributed by atoms with Crippen LogP contribution in [0.4, 0.5) is 5.69 Å². The van der Waals surface area contributed by atoms with Gasteiger partial charge >= 0.3 is 0 Å². The average molecular weight is 665 g/mol. The second kappa shape index (κ2) is 13.0. The Balaban J connectivity index is 1.69. The van der Waals surface area contributed by atoms with E-state index in [0.29, 0.717) is 25.1 Å². The number of ether oxygens (including phenoxy) is 1. The summed E-state index contributed by atoms with van der Waals surface area (Å²) in [6, 6.07) is 13.2. The van der Waals surface area contributed by atoms with Gasteiger partial charge in [0.05, 0.1) is 30.6 Å². The van der Waals surface area contributed by atoms with Crippen LogP contribution in [0.3, 0.4) is 0 Å². The zero-order valence-electron chi connectivity index (χ0n) is 25.7. The minimum Gasteiger partial charge on any atom is -0.394 e. The van der Waals surface area contributed by atoms with Crippen molar-refractivity contribution in [2.45, 2.75) is 62.2 Å². The van der Waals surface area contributed by atoms with Crippen molar-refractivity contribution in [3.05, 3.63) is 90.5 Å². The lowest BCUT2D eigenvalue weighted by Gasteiger charge is -2.40. The summed E-state index contributed by atoms with van der Waals surface area (Å²) < 4.78 is 6.79.